The zero-order valence-electron chi connectivity index (χ0n) is 29.2. The number of aromatic carboxylic acids is 1. The molecule has 0 radical (unpaired) electrons. The lowest BCUT2D eigenvalue weighted by molar-refractivity contribution is 0.0683. The Hall–Kier alpha value is -6.06. The van der Waals surface area contributed by atoms with Crippen molar-refractivity contribution in [1.29, 1.82) is 0 Å². The van der Waals surface area contributed by atoms with Gasteiger partial charge in [0.05, 0.1) is 17.2 Å². The van der Waals surface area contributed by atoms with E-state index in [1.807, 2.05) is 97.9 Å². The van der Waals surface area contributed by atoms with Gasteiger partial charge >= 0.3 is 5.97 Å². The summed E-state index contributed by atoms with van der Waals surface area (Å²) in [7, 11) is 0. The Morgan fingerprint density at radius 2 is 1.27 bits per heavy atom. The fourth-order valence-electron chi connectivity index (χ4n) is 7.63. The van der Waals surface area contributed by atoms with E-state index in [-0.39, 0.29) is 12.1 Å². The molecule has 2 N–H and O–H groups in total. The molecule has 0 amide bonds. The summed E-state index contributed by atoms with van der Waals surface area (Å²) in [5.41, 5.74) is 4.81. The van der Waals surface area contributed by atoms with Gasteiger partial charge in [-0.3, -0.25) is 0 Å². The van der Waals surface area contributed by atoms with Crippen LogP contribution in [0.25, 0.3) is 11.1 Å². The van der Waals surface area contributed by atoms with Gasteiger partial charge in [0, 0.05) is 24.9 Å². The molecule has 1 atom stereocenters. The third-order valence-corrected chi connectivity index (χ3v) is 9.75. The van der Waals surface area contributed by atoms with Crippen LogP contribution in [0.2, 0.25) is 0 Å². The highest BCUT2D eigenvalue weighted by molar-refractivity contribution is 5.87. The summed E-state index contributed by atoms with van der Waals surface area (Å²) in [5.74, 6) is -0.358. The van der Waals surface area contributed by atoms with Crippen molar-refractivity contribution in [3.63, 3.8) is 0 Å². The fraction of sp³-hybridized carbons (Fsp3) is 0.209. The summed E-state index contributed by atoms with van der Waals surface area (Å²) in [6, 6.07) is 47.2. The first kappa shape index (κ1) is 34.4. The molecular formula is C43H40N6O3. The number of carboxylic acid groups (broad SMARTS) is 1. The van der Waals surface area contributed by atoms with E-state index in [4.69, 9.17) is 10.2 Å². The SMILES string of the molecule is CCCc1nc(CC(C)O)c(C(=O)O)n1Cc1ccc(-c2ccccc2C2(C(c3ccccc3)(c3ccccc3)c3ccccc3)N=NN=N2)cc1. The zero-order chi connectivity index (χ0) is 36.1. The number of aryl methyl sites for hydroxylation is 1. The Kier molecular flexibility index (Phi) is 9.69. The molecule has 5 aromatic carbocycles. The first-order valence-electron chi connectivity index (χ1n) is 17.6. The number of hydrogen-bond acceptors (Lipinski definition) is 7. The lowest BCUT2D eigenvalue weighted by Crippen LogP contribution is -2.48. The van der Waals surface area contributed by atoms with Gasteiger partial charge in [0.1, 0.15) is 5.82 Å². The van der Waals surface area contributed by atoms with Crippen LogP contribution in [0.5, 0.6) is 0 Å². The molecule has 1 unspecified atom stereocenters. The Morgan fingerprint density at radius 1 is 0.750 bits per heavy atom. The van der Waals surface area contributed by atoms with Crippen LogP contribution in [-0.4, -0.2) is 31.8 Å². The van der Waals surface area contributed by atoms with Gasteiger partial charge in [-0.1, -0.05) is 146 Å². The average Bonchev–Trinajstić information content (AvgIpc) is 3.79. The first-order valence-corrected chi connectivity index (χ1v) is 17.6. The largest absolute Gasteiger partial charge is 0.477 e. The molecule has 0 fully saturated rings. The molecule has 0 spiro atoms. The molecule has 260 valence electrons. The molecule has 1 aliphatic heterocycles. The van der Waals surface area contributed by atoms with Crippen molar-refractivity contribution in [2.75, 3.05) is 0 Å². The summed E-state index contributed by atoms with van der Waals surface area (Å²) in [6.07, 6.45) is 0.908. The van der Waals surface area contributed by atoms with Crippen LogP contribution in [-0.2, 0) is 30.5 Å². The van der Waals surface area contributed by atoms with Crippen LogP contribution in [0.4, 0.5) is 0 Å². The second kappa shape index (κ2) is 14.7. The van der Waals surface area contributed by atoms with Gasteiger partial charge in [-0.15, -0.1) is 10.2 Å². The topological polar surface area (TPSA) is 125 Å². The van der Waals surface area contributed by atoms with Gasteiger partial charge in [0.15, 0.2) is 5.69 Å². The minimum Gasteiger partial charge on any atom is -0.477 e. The van der Waals surface area contributed by atoms with Crippen LogP contribution in [0, 0.1) is 0 Å². The number of rotatable bonds is 13. The monoisotopic (exact) mass is 688 g/mol. The van der Waals surface area contributed by atoms with Crippen LogP contribution in [0.3, 0.4) is 0 Å². The quantitative estimate of drug-likeness (QED) is 0.117. The number of carboxylic acids is 1. The number of aliphatic hydroxyl groups is 1. The van der Waals surface area contributed by atoms with Gasteiger partial charge in [-0.25, -0.2) is 9.78 Å². The van der Waals surface area contributed by atoms with Gasteiger partial charge < -0.3 is 14.8 Å². The Bertz CT molecular complexity index is 2100. The molecule has 0 bridgehead atoms. The number of carbonyl (C=O) groups is 1. The Balaban J connectivity index is 1.38. The third-order valence-electron chi connectivity index (χ3n) is 9.75. The Morgan fingerprint density at radius 3 is 1.77 bits per heavy atom. The van der Waals surface area contributed by atoms with E-state index in [1.165, 1.54) is 0 Å². The predicted octanol–water partition coefficient (Wildman–Crippen LogP) is 9.19. The van der Waals surface area contributed by atoms with E-state index in [0.29, 0.717) is 24.5 Å². The summed E-state index contributed by atoms with van der Waals surface area (Å²) in [5, 5.41) is 38.7. The fourth-order valence-corrected chi connectivity index (χ4v) is 7.63. The highest BCUT2D eigenvalue weighted by Crippen LogP contribution is 2.58. The maximum Gasteiger partial charge on any atom is 0.354 e. The van der Waals surface area contributed by atoms with E-state index in [1.54, 1.807) is 11.5 Å². The van der Waals surface area contributed by atoms with Crippen LogP contribution in [0.1, 0.15) is 70.1 Å². The smallest absolute Gasteiger partial charge is 0.354 e. The molecule has 9 heteroatoms. The number of benzene rings is 5. The molecular weight excluding hydrogens is 649 g/mol. The van der Waals surface area contributed by atoms with E-state index < -0.39 is 23.2 Å². The number of hydrogen-bond donors (Lipinski definition) is 2. The van der Waals surface area contributed by atoms with E-state index in [0.717, 1.165) is 45.4 Å². The van der Waals surface area contributed by atoms with Crippen molar-refractivity contribution in [3.05, 3.63) is 185 Å². The summed E-state index contributed by atoms with van der Waals surface area (Å²) in [4.78, 5) is 17.1. The molecule has 0 saturated carbocycles. The normalized spacial score (nSPS) is 14.1. The van der Waals surface area contributed by atoms with E-state index >= 15 is 0 Å². The van der Waals surface area contributed by atoms with Crippen molar-refractivity contribution >= 4 is 5.97 Å². The van der Waals surface area contributed by atoms with Gasteiger partial charge in [-0.2, -0.15) is 0 Å². The minimum atomic E-state index is -1.32. The van der Waals surface area contributed by atoms with Crippen LogP contribution in [0.15, 0.2) is 160 Å². The molecule has 52 heavy (non-hydrogen) atoms. The molecule has 7 rings (SSSR count). The zero-order valence-corrected chi connectivity index (χ0v) is 29.2. The number of nitrogens with zero attached hydrogens (tertiary/aromatic N) is 6. The molecule has 2 heterocycles. The lowest BCUT2D eigenvalue weighted by atomic mass is 9.59. The average molecular weight is 689 g/mol. The van der Waals surface area contributed by atoms with Gasteiger partial charge in [0.2, 0.25) is 5.66 Å². The van der Waals surface area contributed by atoms with Crippen molar-refractivity contribution < 1.29 is 15.0 Å². The summed E-state index contributed by atoms with van der Waals surface area (Å²) < 4.78 is 1.77. The first-order chi connectivity index (χ1) is 25.4. The highest BCUT2D eigenvalue weighted by atomic mass is 16.4. The minimum absolute atomic E-state index is 0.122. The third kappa shape index (κ3) is 6.03. The standard InChI is InChI=1S/C43H40N6O3/c1-3-15-39-44-38(28-30(2)50)40(41(51)52)49(39)29-31-24-26-32(27-25-31)36-22-13-14-23-37(36)43(45-47-48-46-43)42(33-16-7-4-8-17-33,34-18-9-5-10-19-34)35-20-11-6-12-21-35/h4-14,16-27,30,50H,3,15,28-29H2,1-2H3,(H,51,52). The molecule has 9 nitrogen and oxygen atoms in total. The number of imidazole rings is 1. The highest BCUT2D eigenvalue weighted by Gasteiger charge is 2.60. The van der Waals surface area contributed by atoms with E-state index in [2.05, 4.69) is 64.0 Å². The maximum atomic E-state index is 12.5. The Labute approximate surface area is 303 Å². The second-order valence-electron chi connectivity index (χ2n) is 13.2. The van der Waals surface area contributed by atoms with Gasteiger partial charge in [-0.05, 0) is 57.2 Å². The second-order valence-corrected chi connectivity index (χ2v) is 13.2. The molecule has 6 aromatic rings. The molecule has 1 aromatic heterocycles. The molecule has 1 aliphatic rings. The molecule has 0 aliphatic carbocycles. The van der Waals surface area contributed by atoms with Crippen molar-refractivity contribution in [1.82, 2.24) is 9.55 Å². The van der Waals surface area contributed by atoms with Gasteiger partial charge in [0.25, 0.3) is 0 Å². The van der Waals surface area contributed by atoms with Crippen molar-refractivity contribution in [2.24, 2.45) is 20.7 Å². The predicted molar refractivity (Wildman–Crippen MR) is 200 cm³/mol. The summed E-state index contributed by atoms with van der Waals surface area (Å²) in [6.45, 7) is 4.01. The van der Waals surface area contributed by atoms with E-state index in [9.17, 15) is 15.0 Å². The molecule has 0 saturated heterocycles. The van der Waals surface area contributed by atoms with Crippen LogP contribution < -0.4 is 0 Å². The van der Waals surface area contributed by atoms with Crippen molar-refractivity contribution in [2.45, 2.75) is 56.8 Å². The van der Waals surface area contributed by atoms with Crippen LogP contribution >= 0.6 is 0 Å². The number of aliphatic hydroxyl groups excluding tert-OH is 1. The summed E-state index contributed by atoms with van der Waals surface area (Å²) >= 11 is 0. The lowest BCUT2D eigenvalue weighted by Gasteiger charge is -2.45. The van der Waals surface area contributed by atoms with Crippen molar-refractivity contribution in [3.8, 4) is 11.1 Å². The maximum absolute atomic E-state index is 12.5. The number of aromatic nitrogens is 2.